The first kappa shape index (κ1) is 72.2. The molecule has 1 aromatic carbocycles. The molecule has 0 aliphatic carbocycles. The van der Waals surface area contributed by atoms with Crippen LogP contribution in [0, 0.1) is 5.92 Å². The number of aliphatic hydroxyl groups is 2. The number of nitrogens with two attached hydrogens (primary N) is 9. The number of hydrogen-bond acceptors (Lipinski definition) is 21. The first-order valence-electron chi connectivity index (χ1n) is 29.0. The van der Waals surface area contributed by atoms with Crippen LogP contribution >= 0.6 is 22.7 Å². The van der Waals surface area contributed by atoms with E-state index in [-0.39, 0.29) is 99.9 Å². The van der Waals surface area contributed by atoms with Crippen molar-refractivity contribution >= 4 is 99.4 Å². The molecule has 2 aliphatic heterocycles. The Hall–Kier alpha value is -8.51. The zero-order chi connectivity index (χ0) is 66.2. The number of guanidine groups is 3. The number of likely N-dealkylation sites (tertiary alicyclic amines) is 1. The number of hydrogen-bond donors (Lipinski definition) is 17. The third-order valence-electron chi connectivity index (χ3n) is 15.0. The molecule has 5 rings (SSSR count). The lowest BCUT2D eigenvalue weighted by Gasteiger charge is -2.45. The largest absolute Gasteiger partial charge is 0.479 e. The minimum atomic E-state index is -3.84. The van der Waals surface area contributed by atoms with Crippen molar-refractivity contribution in [2.45, 2.75) is 131 Å². The normalized spacial score (nSPS) is 18.3. The van der Waals surface area contributed by atoms with Gasteiger partial charge in [-0.3, -0.25) is 63.0 Å². The number of rotatable bonds is 36. The van der Waals surface area contributed by atoms with Crippen LogP contribution in [0.3, 0.4) is 0 Å². The number of thiophene rings is 2. The van der Waals surface area contributed by atoms with Crippen LogP contribution in [0.15, 0.2) is 80.3 Å². The quantitative estimate of drug-likeness (QED) is 0.0111. The third kappa shape index (κ3) is 20.3. The third-order valence-corrected chi connectivity index (χ3v) is 16.8. The molecule has 492 valence electrons. The Kier molecular flexibility index (Phi) is 28.1. The number of ketones is 2. The zero-order valence-corrected chi connectivity index (χ0v) is 51.2. The van der Waals surface area contributed by atoms with Gasteiger partial charge in [0.15, 0.2) is 29.4 Å². The number of β-amino-alcohol motifs (C(OH)–C–C–N with tert-alkyl or cyclic N) is 1. The van der Waals surface area contributed by atoms with Crippen LogP contribution in [0.25, 0.3) is 0 Å². The van der Waals surface area contributed by atoms with Crippen LogP contribution in [-0.2, 0) is 67.2 Å². The van der Waals surface area contributed by atoms with Gasteiger partial charge in [0.1, 0.15) is 18.1 Å². The van der Waals surface area contributed by atoms with Gasteiger partial charge in [0.2, 0.25) is 41.0 Å². The van der Waals surface area contributed by atoms with E-state index in [0.717, 1.165) is 16.2 Å². The molecule has 7 amide bonds. The molecular formula is C56H83N19O13S2. The highest BCUT2D eigenvalue weighted by Crippen LogP contribution is 2.37. The summed E-state index contributed by atoms with van der Waals surface area (Å²) in [6.45, 7) is -3.31. The van der Waals surface area contributed by atoms with Crippen LogP contribution in [0.2, 0.25) is 0 Å². The van der Waals surface area contributed by atoms with E-state index in [1.807, 2.05) is 0 Å². The highest BCUT2D eigenvalue weighted by molar-refractivity contribution is 7.10. The SMILES string of the molecule is NC(N)=NCCC[C@@H](N)C(=O)N[C@@H](CCCN=C(N)N)C(=O)N1CCC[C@H]1C(=O)C(CCN=C(N)N)[C@@](C(=O)O)(C(=O)CNC(=O)[C@@H]1C[C@@H](O)CN1)N(C(=O)[C@@H](N)Cc1cccs1)C(=O)[C@@H](Cc1ccccc1)NC(=O)[C@H](CO)NC(=O)[C@@H](N)Cc1cccs1. The van der Waals surface area contributed by atoms with E-state index >= 15 is 28.8 Å². The average Bonchev–Trinajstić information content (AvgIpc) is 1.70. The molecule has 0 saturated carbocycles. The van der Waals surface area contributed by atoms with E-state index < -0.39 is 170 Å². The van der Waals surface area contributed by atoms with Crippen molar-refractivity contribution < 1.29 is 63.3 Å². The Morgan fingerprint density at radius 3 is 1.80 bits per heavy atom. The summed E-state index contributed by atoms with van der Waals surface area (Å²) in [5, 5.41) is 49.1. The molecule has 11 atom stereocenters. The molecule has 1 unspecified atom stereocenters. The molecule has 0 radical (unpaired) electrons. The van der Waals surface area contributed by atoms with Gasteiger partial charge in [-0.05, 0) is 79.8 Å². The first-order chi connectivity index (χ1) is 42.8. The summed E-state index contributed by atoms with van der Waals surface area (Å²) in [4.78, 5) is 164. The van der Waals surface area contributed by atoms with Crippen LogP contribution in [0.5, 0.6) is 0 Å². The van der Waals surface area contributed by atoms with Crippen LogP contribution in [0.1, 0.15) is 66.7 Å². The zero-order valence-electron chi connectivity index (χ0n) is 49.5. The van der Waals surface area contributed by atoms with Crippen LogP contribution in [0.4, 0.5) is 0 Å². The van der Waals surface area contributed by atoms with Crippen molar-refractivity contribution in [3.8, 4) is 0 Å². The fraction of sp³-hybridized carbons (Fsp3) is 0.518. The summed E-state index contributed by atoms with van der Waals surface area (Å²) in [5.41, 5.74) is 49.2. The summed E-state index contributed by atoms with van der Waals surface area (Å²) in [6.07, 6.45) is -3.04. The fourth-order valence-electron chi connectivity index (χ4n) is 10.6. The van der Waals surface area contributed by atoms with Gasteiger partial charge >= 0.3 is 5.97 Å². The van der Waals surface area contributed by atoms with E-state index in [0.29, 0.717) is 9.75 Å². The number of benzene rings is 1. The Bertz CT molecular complexity index is 3040. The summed E-state index contributed by atoms with van der Waals surface area (Å²) in [7, 11) is 0. The smallest absolute Gasteiger partial charge is 0.338 e. The first-order valence-corrected chi connectivity index (χ1v) is 30.8. The second-order valence-corrected chi connectivity index (χ2v) is 23.7. The summed E-state index contributed by atoms with van der Waals surface area (Å²) < 4.78 is 0. The number of imide groups is 1. The minimum absolute atomic E-state index is 0.00249. The van der Waals surface area contributed by atoms with Gasteiger partial charge in [-0.15, -0.1) is 22.7 Å². The van der Waals surface area contributed by atoms with Gasteiger partial charge in [-0.1, -0.05) is 42.5 Å². The molecule has 2 aromatic heterocycles. The number of aliphatic hydroxyl groups excluding tert-OH is 2. The Morgan fingerprint density at radius 1 is 0.678 bits per heavy atom. The van der Waals surface area contributed by atoms with Gasteiger partial charge in [-0.2, -0.15) is 0 Å². The monoisotopic (exact) mass is 1290 g/mol. The number of carboxylic acid groups (broad SMARTS) is 1. The maximum absolute atomic E-state index is 16.3. The number of aliphatic imine (C=N–C) groups is 3. The molecular weight excluding hydrogens is 1210 g/mol. The molecule has 2 aliphatic rings. The second-order valence-electron chi connectivity index (χ2n) is 21.7. The molecule has 3 aromatic rings. The Labute approximate surface area is 526 Å². The maximum atomic E-state index is 16.3. The number of nitrogens with zero attached hydrogens (tertiary/aromatic N) is 5. The van der Waals surface area contributed by atoms with Crippen molar-refractivity contribution in [3.63, 3.8) is 0 Å². The molecule has 2 fully saturated rings. The molecule has 4 heterocycles. The molecule has 26 N–H and O–H groups in total. The number of nitrogens with one attached hydrogen (secondary N) is 5. The summed E-state index contributed by atoms with van der Waals surface area (Å²) >= 11 is 2.43. The van der Waals surface area contributed by atoms with Crippen molar-refractivity contribution in [1.82, 2.24) is 36.4 Å². The predicted molar refractivity (Wildman–Crippen MR) is 334 cm³/mol. The topological polar surface area (TPSA) is 569 Å². The van der Waals surface area contributed by atoms with Gasteiger partial charge in [0, 0.05) is 61.7 Å². The van der Waals surface area contributed by atoms with E-state index in [9.17, 15) is 34.5 Å². The molecule has 32 nitrogen and oxygen atoms in total. The van der Waals surface area contributed by atoms with Crippen LogP contribution < -0.4 is 78.2 Å². The second kappa shape index (κ2) is 35.0. The standard InChI is InChI=1S/C56H83N19O13S2/c57-35(13-4-17-66-53(60)61)45(80)71-38(14-5-18-67-54(62)63)50(85)74-20-6-15-42(74)44(79)34(16-19-68-55(64)65)56(52(87)88,43(78)28-70-47(82)39-24-31(77)27-69-39)75(49(84)37(59)26-33-12-8-22-90-33)51(86)40(23-30-9-2-1-3-10-30)72-48(83)41(29-76)73-46(81)36(58)25-32-11-7-21-89-32/h1-3,7-12,21-22,31,34-42,69,76-77H,4-6,13-20,23-29,57-59H2,(H,70,82)(H,71,80)(H,72,83)(H,73,81)(H,87,88)(H4,60,61,66)(H4,62,63,67)(H4,64,65,68)/t31-,34?,35-,36+,37+,38+,39+,40-,41+,42+,56+/m1/s1. The van der Waals surface area contributed by atoms with Gasteiger partial charge in [-0.25, -0.2) is 4.79 Å². The van der Waals surface area contributed by atoms with Gasteiger partial charge < -0.3 is 98.4 Å². The summed E-state index contributed by atoms with van der Waals surface area (Å²) in [6, 6.07) is 1.63. The van der Waals surface area contributed by atoms with Gasteiger partial charge in [0.25, 0.3) is 5.91 Å². The lowest BCUT2D eigenvalue weighted by Crippen LogP contribution is -2.75. The van der Waals surface area contributed by atoms with Crippen molar-refractivity contribution in [2.75, 3.05) is 45.9 Å². The summed E-state index contributed by atoms with van der Waals surface area (Å²) in [5.74, 6) is -16.9. The Balaban J connectivity index is 1.74. The minimum Gasteiger partial charge on any atom is -0.479 e. The molecule has 34 heteroatoms. The van der Waals surface area contributed by atoms with Crippen molar-refractivity contribution in [3.05, 3.63) is 80.7 Å². The molecule has 0 spiro atoms. The van der Waals surface area contributed by atoms with E-state index in [4.69, 9.17) is 51.6 Å². The number of aliphatic carboxylic acids is 1. The van der Waals surface area contributed by atoms with E-state index in [1.54, 1.807) is 53.2 Å². The number of carboxylic acids is 1. The highest BCUT2D eigenvalue weighted by atomic mass is 32.1. The molecule has 2 saturated heterocycles. The average molecular weight is 1290 g/mol. The lowest BCUT2D eigenvalue weighted by molar-refractivity contribution is -0.178. The number of carbonyl (C=O) groups is 10. The van der Waals surface area contributed by atoms with Crippen molar-refractivity contribution in [1.29, 1.82) is 0 Å². The number of Topliss-reactive ketones (excluding diaryl/α,β-unsaturated/α-hetero) is 2. The Morgan fingerprint density at radius 2 is 1.24 bits per heavy atom. The van der Waals surface area contributed by atoms with E-state index in [1.165, 1.54) is 23.5 Å². The molecule has 0 bridgehead atoms. The predicted octanol–water partition coefficient (Wildman–Crippen LogP) is -6.20. The highest BCUT2D eigenvalue weighted by Gasteiger charge is 2.64. The number of amides is 7. The number of carbonyl (C=O) groups excluding carboxylic acids is 9. The van der Waals surface area contributed by atoms with Crippen LogP contribution in [-0.4, -0.2) is 208 Å². The van der Waals surface area contributed by atoms with E-state index in [2.05, 4.69) is 41.6 Å². The molecule has 90 heavy (non-hydrogen) atoms. The maximum Gasteiger partial charge on any atom is 0.338 e. The fourth-order valence-corrected chi connectivity index (χ4v) is 12.1. The van der Waals surface area contributed by atoms with Crippen molar-refractivity contribution in [2.24, 2.45) is 72.5 Å². The lowest BCUT2D eigenvalue weighted by atomic mass is 9.71. The van der Waals surface area contributed by atoms with Gasteiger partial charge in [0.05, 0.1) is 55.4 Å².